The molecule has 0 bridgehead atoms. The van der Waals surface area contributed by atoms with Crippen molar-refractivity contribution in [2.45, 2.75) is 85.0 Å². The van der Waals surface area contributed by atoms with Crippen LogP contribution in [0.2, 0.25) is 0 Å². The Bertz CT molecular complexity index is 374. The van der Waals surface area contributed by atoms with Gasteiger partial charge in [0, 0.05) is 0 Å². The zero-order chi connectivity index (χ0) is 16.3. The zero-order valence-electron chi connectivity index (χ0n) is 14.1. The highest BCUT2D eigenvalue weighted by Gasteiger charge is 2.30. The Kier molecular flexibility index (Phi) is 5.65. The number of amides is 1. The van der Waals surface area contributed by atoms with Crippen LogP contribution in [0.5, 0.6) is 0 Å². The average Bonchev–Trinajstić information content (AvgIpc) is 2.29. The summed E-state index contributed by atoms with van der Waals surface area (Å²) in [4.78, 5) is 23.6. The normalized spacial score (nSPS) is 20.5. The highest BCUT2D eigenvalue weighted by Crippen LogP contribution is 2.36. The predicted octanol–water partition coefficient (Wildman–Crippen LogP) is 3.41. The number of hydrogen-bond donors (Lipinski definition) is 1. The fourth-order valence-corrected chi connectivity index (χ4v) is 2.30. The van der Waals surface area contributed by atoms with Crippen LogP contribution in [0.15, 0.2) is 0 Å². The topological polar surface area (TPSA) is 64.6 Å². The van der Waals surface area contributed by atoms with Gasteiger partial charge in [0.25, 0.3) is 0 Å². The number of carbonyl (C=O) groups is 2. The number of alkyl carbamates (subject to hydrolysis) is 1. The number of nitrogens with one attached hydrogen (secondary N) is 1. The summed E-state index contributed by atoms with van der Waals surface area (Å²) in [6.07, 6.45) is 3.25. The molecule has 1 amide bonds. The van der Waals surface area contributed by atoms with Gasteiger partial charge in [-0.2, -0.15) is 0 Å². The van der Waals surface area contributed by atoms with Crippen molar-refractivity contribution in [2.24, 2.45) is 5.41 Å². The Balaban J connectivity index is 2.36. The van der Waals surface area contributed by atoms with Crippen LogP contribution in [0.25, 0.3) is 0 Å². The summed E-state index contributed by atoms with van der Waals surface area (Å²) < 4.78 is 10.6. The third kappa shape index (κ3) is 6.82. The molecule has 1 aliphatic rings. The molecule has 0 heterocycles. The van der Waals surface area contributed by atoms with Gasteiger partial charge in [-0.25, -0.2) is 9.59 Å². The van der Waals surface area contributed by atoms with E-state index in [1.54, 1.807) is 27.7 Å². The molecule has 0 spiro atoms. The van der Waals surface area contributed by atoms with Gasteiger partial charge >= 0.3 is 12.1 Å². The van der Waals surface area contributed by atoms with E-state index in [0.717, 1.165) is 25.7 Å². The van der Waals surface area contributed by atoms with Crippen molar-refractivity contribution >= 4 is 12.1 Å². The molecule has 1 saturated carbocycles. The molecule has 5 heteroatoms. The van der Waals surface area contributed by atoms with Crippen molar-refractivity contribution in [3.8, 4) is 0 Å². The second-order valence-corrected chi connectivity index (χ2v) is 7.67. The molecule has 0 unspecified atom stereocenters. The van der Waals surface area contributed by atoms with E-state index in [9.17, 15) is 9.59 Å². The molecule has 1 rings (SSSR count). The van der Waals surface area contributed by atoms with Crippen LogP contribution in [0, 0.1) is 5.41 Å². The molecule has 0 aliphatic heterocycles. The van der Waals surface area contributed by atoms with Crippen LogP contribution in [0.4, 0.5) is 4.79 Å². The first-order valence-corrected chi connectivity index (χ1v) is 7.68. The van der Waals surface area contributed by atoms with E-state index in [-0.39, 0.29) is 6.10 Å². The summed E-state index contributed by atoms with van der Waals surface area (Å²) in [5.74, 6) is -0.398. The molecule has 1 aliphatic carbocycles. The fourth-order valence-electron chi connectivity index (χ4n) is 2.30. The van der Waals surface area contributed by atoms with Crippen molar-refractivity contribution in [1.82, 2.24) is 5.32 Å². The van der Waals surface area contributed by atoms with Gasteiger partial charge in [-0.1, -0.05) is 13.8 Å². The lowest BCUT2D eigenvalue weighted by Gasteiger charge is -2.34. The quantitative estimate of drug-likeness (QED) is 0.811. The van der Waals surface area contributed by atoms with Gasteiger partial charge in [-0.3, -0.25) is 0 Å². The van der Waals surface area contributed by atoms with Gasteiger partial charge in [0.05, 0.1) is 0 Å². The molecule has 1 fully saturated rings. The van der Waals surface area contributed by atoms with Gasteiger partial charge in [-0.15, -0.1) is 0 Å². The van der Waals surface area contributed by atoms with Crippen molar-refractivity contribution < 1.29 is 19.1 Å². The summed E-state index contributed by atoms with van der Waals surface area (Å²) in [6.45, 7) is 11.4. The van der Waals surface area contributed by atoms with Gasteiger partial charge in [-0.05, 0) is 58.8 Å². The van der Waals surface area contributed by atoms with E-state index in [1.807, 2.05) is 0 Å². The molecule has 0 aromatic heterocycles. The van der Waals surface area contributed by atoms with E-state index in [4.69, 9.17) is 9.47 Å². The number of esters is 1. The maximum atomic E-state index is 12.0. The number of carbonyl (C=O) groups excluding carboxylic acids is 2. The van der Waals surface area contributed by atoms with Crippen molar-refractivity contribution in [2.75, 3.05) is 0 Å². The first-order chi connectivity index (χ1) is 9.48. The second-order valence-electron chi connectivity index (χ2n) is 7.67. The maximum absolute atomic E-state index is 12.0. The Hall–Kier alpha value is -1.26. The van der Waals surface area contributed by atoms with E-state index in [1.165, 1.54) is 0 Å². The zero-order valence-corrected chi connectivity index (χ0v) is 14.1. The van der Waals surface area contributed by atoms with Crippen LogP contribution in [-0.2, 0) is 14.3 Å². The van der Waals surface area contributed by atoms with Gasteiger partial charge in [0.15, 0.2) is 0 Å². The smallest absolute Gasteiger partial charge is 0.408 e. The second kappa shape index (κ2) is 6.67. The fraction of sp³-hybridized carbons (Fsp3) is 0.875. The molecule has 0 aromatic rings. The Morgan fingerprint density at radius 1 is 1.19 bits per heavy atom. The third-order valence-corrected chi connectivity index (χ3v) is 3.66. The molecule has 1 N–H and O–H groups in total. The van der Waals surface area contributed by atoms with E-state index < -0.39 is 23.7 Å². The molecular formula is C16H29NO4. The standard InChI is InChI=1S/C16H29NO4/c1-11(17-14(19)21-15(2,3)4)13(18)20-12-7-9-16(5,6)10-8-12/h11-12H,7-10H2,1-6H3,(H,17,19)/t11-/m0/s1. The lowest BCUT2D eigenvalue weighted by molar-refractivity contribution is -0.153. The molecule has 0 aromatic carbocycles. The van der Waals surface area contributed by atoms with Crippen LogP contribution < -0.4 is 5.32 Å². The largest absolute Gasteiger partial charge is 0.461 e. The lowest BCUT2D eigenvalue weighted by atomic mass is 9.76. The molecule has 0 radical (unpaired) electrons. The maximum Gasteiger partial charge on any atom is 0.408 e. The van der Waals surface area contributed by atoms with Crippen LogP contribution in [0.1, 0.15) is 67.2 Å². The highest BCUT2D eigenvalue weighted by atomic mass is 16.6. The first-order valence-electron chi connectivity index (χ1n) is 7.68. The van der Waals surface area contributed by atoms with Gasteiger partial charge < -0.3 is 14.8 Å². The molecular weight excluding hydrogens is 270 g/mol. The lowest BCUT2D eigenvalue weighted by Crippen LogP contribution is -2.43. The highest BCUT2D eigenvalue weighted by molar-refractivity contribution is 5.81. The number of rotatable bonds is 3. The summed E-state index contributed by atoms with van der Waals surface area (Å²) in [7, 11) is 0. The third-order valence-electron chi connectivity index (χ3n) is 3.66. The molecule has 5 nitrogen and oxygen atoms in total. The van der Waals surface area contributed by atoms with Gasteiger partial charge in [0.2, 0.25) is 0 Å². The van der Waals surface area contributed by atoms with E-state index >= 15 is 0 Å². The van der Waals surface area contributed by atoms with Crippen molar-refractivity contribution in [3.05, 3.63) is 0 Å². The van der Waals surface area contributed by atoms with Crippen molar-refractivity contribution in [1.29, 1.82) is 0 Å². The first kappa shape index (κ1) is 17.8. The number of ether oxygens (including phenoxy) is 2. The minimum Gasteiger partial charge on any atom is -0.461 e. The molecule has 21 heavy (non-hydrogen) atoms. The average molecular weight is 299 g/mol. The molecule has 0 saturated heterocycles. The Labute approximate surface area is 127 Å². The van der Waals surface area contributed by atoms with Gasteiger partial charge in [0.1, 0.15) is 17.7 Å². The van der Waals surface area contributed by atoms with Crippen LogP contribution >= 0.6 is 0 Å². The summed E-state index contributed by atoms with van der Waals surface area (Å²) >= 11 is 0. The van der Waals surface area contributed by atoms with Crippen molar-refractivity contribution in [3.63, 3.8) is 0 Å². The summed E-state index contributed by atoms with van der Waals surface area (Å²) in [5.41, 5.74) is -0.244. The summed E-state index contributed by atoms with van der Waals surface area (Å²) in [6, 6.07) is -0.699. The summed E-state index contributed by atoms with van der Waals surface area (Å²) in [5, 5.41) is 2.51. The monoisotopic (exact) mass is 299 g/mol. The minimum atomic E-state index is -0.699. The van der Waals surface area contributed by atoms with Crippen LogP contribution in [-0.4, -0.2) is 29.8 Å². The number of hydrogen-bond acceptors (Lipinski definition) is 4. The molecule has 122 valence electrons. The SMILES string of the molecule is C[C@H](NC(=O)OC(C)(C)C)C(=O)OC1CCC(C)(C)CC1. The van der Waals surface area contributed by atoms with E-state index in [0.29, 0.717) is 5.41 Å². The molecule has 1 atom stereocenters. The Morgan fingerprint density at radius 2 is 1.71 bits per heavy atom. The Morgan fingerprint density at radius 3 is 2.19 bits per heavy atom. The minimum absolute atomic E-state index is 0.0339. The van der Waals surface area contributed by atoms with Crippen LogP contribution in [0.3, 0.4) is 0 Å². The van der Waals surface area contributed by atoms with E-state index in [2.05, 4.69) is 19.2 Å². The predicted molar refractivity (Wildman–Crippen MR) is 81.0 cm³/mol.